The number of hydrogen-bond acceptors (Lipinski definition) is 2. The highest BCUT2D eigenvalue weighted by atomic mass is 16.5. The van der Waals surface area contributed by atoms with Crippen LogP contribution in [0.4, 0.5) is 0 Å². The predicted octanol–water partition coefficient (Wildman–Crippen LogP) is 1.98. The van der Waals surface area contributed by atoms with Crippen molar-refractivity contribution in [2.75, 3.05) is 13.2 Å². The molecule has 2 fully saturated rings. The van der Waals surface area contributed by atoms with E-state index in [9.17, 15) is 4.79 Å². The summed E-state index contributed by atoms with van der Waals surface area (Å²) in [6.45, 7) is 7.51. The molecule has 1 amide bonds. The van der Waals surface area contributed by atoms with E-state index in [1.54, 1.807) is 0 Å². The Kier molecular flexibility index (Phi) is 3.33. The number of hydrogen-bond donors (Lipinski definition) is 0. The van der Waals surface area contributed by atoms with E-state index in [0.717, 1.165) is 0 Å². The van der Waals surface area contributed by atoms with Crippen LogP contribution in [-0.4, -0.2) is 36.1 Å². The van der Waals surface area contributed by atoms with Gasteiger partial charge in [0.15, 0.2) is 0 Å². The SMILES string of the molecule is CC(=CC(=O)N1CC(C)OCC1C)C1CC1. The van der Waals surface area contributed by atoms with E-state index in [2.05, 4.69) is 6.92 Å². The minimum atomic E-state index is 0.159. The van der Waals surface area contributed by atoms with Crippen LogP contribution in [0.5, 0.6) is 0 Å². The summed E-state index contributed by atoms with van der Waals surface area (Å²) in [6.07, 6.45) is 4.50. The summed E-state index contributed by atoms with van der Waals surface area (Å²) in [5, 5.41) is 0. The van der Waals surface area contributed by atoms with Crippen molar-refractivity contribution in [3.8, 4) is 0 Å². The zero-order valence-corrected chi connectivity index (χ0v) is 10.4. The Balaban J connectivity index is 1.99. The third kappa shape index (κ3) is 2.64. The minimum Gasteiger partial charge on any atom is -0.375 e. The molecule has 1 aliphatic heterocycles. The summed E-state index contributed by atoms with van der Waals surface area (Å²) in [4.78, 5) is 14.0. The first-order valence-electron chi connectivity index (χ1n) is 6.18. The summed E-state index contributed by atoms with van der Waals surface area (Å²) >= 11 is 0. The van der Waals surface area contributed by atoms with Crippen LogP contribution in [0.3, 0.4) is 0 Å². The molecule has 1 saturated heterocycles. The van der Waals surface area contributed by atoms with Crippen molar-refractivity contribution in [3.63, 3.8) is 0 Å². The maximum absolute atomic E-state index is 12.1. The van der Waals surface area contributed by atoms with Gasteiger partial charge in [-0.3, -0.25) is 4.79 Å². The van der Waals surface area contributed by atoms with Gasteiger partial charge in [-0.25, -0.2) is 0 Å². The fourth-order valence-electron chi connectivity index (χ4n) is 2.14. The summed E-state index contributed by atoms with van der Waals surface area (Å²) < 4.78 is 5.52. The molecule has 2 rings (SSSR count). The highest BCUT2D eigenvalue weighted by Crippen LogP contribution is 2.36. The zero-order valence-electron chi connectivity index (χ0n) is 10.4. The molecule has 1 heterocycles. The Bertz CT molecular complexity index is 307. The van der Waals surface area contributed by atoms with Crippen LogP contribution in [0.1, 0.15) is 33.6 Å². The molecule has 1 saturated carbocycles. The van der Waals surface area contributed by atoms with Crippen LogP contribution in [0, 0.1) is 5.92 Å². The highest BCUT2D eigenvalue weighted by molar-refractivity contribution is 5.88. The third-order valence-corrected chi connectivity index (χ3v) is 3.46. The Morgan fingerprint density at radius 1 is 1.38 bits per heavy atom. The number of allylic oxidation sites excluding steroid dienone is 1. The van der Waals surface area contributed by atoms with Crippen molar-refractivity contribution in [3.05, 3.63) is 11.6 Å². The van der Waals surface area contributed by atoms with Gasteiger partial charge in [-0.1, -0.05) is 5.57 Å². The second-order valence-corrected chi connectivity index (χ2v) is 5.15. The van der Waals surface area contributed by atoms with Crippen molar-refractivity contribution in [1.82, 2.24) is 4.90 Å². The van der Waals surface area contributed by atoms with E-state index < -0.39 is 0 Å². The number of ether oxygens (including phenoxy) is 1. The highest BCUT2D eigenvalue weighted by Gasteiger charge is 2.28. The van der Waals surface area contributed by atoms with Crippen LogP contribution in [0.25, 0.3) is 0 Å². The van der Waals surface area contributed by atoms with E-state index in [0.29, 0.717) is 19.1 Å². The molecule has 90 valence electrons. The number of rotatable bonds is 2. The Hall–Kier alpha value is -0.830. The molecule has 0 radical (unpaired) electrons. The normalized spacial score (nSPS) is 31.7. The fraction of sp³-hybridized carbons (Fsp3) is 0.769. The Morgan fingerprint density at radius 3 is 2.69 bits per heavy atom. The maximum atomic E-state index is 12.1. The first-order valence-corrected chi connectivity index (χ1v) is 6.18. The van der Waals surface area contributed by atoms with E-state index in [4.69, 9.17) is 4.74 Å². The van der Waals surface area contributed by atoms with Gasteiger partial charge in [0.25, 0.3) is 0 Å². The zero-order chi connectivity index (χ0) is 11.7. The molecule has 1 aliphatic carbocycles. The third-order valence-electron chi connectivity index (χ3n) is 3.46. The second-order valence-electron chi connectivity index (χ2n) is 5.15. The minimum absolute atomic E-state index is 0.159. The monoisotopic (exact) mass is 223 g/mol. The van der Waals surface area contributed by atoms with Crippen molar-refractivity contribution >= 4 is 5.91 Å². The van der Waals surface area contributed by atoms with E-state index >= 15 is 0 Å². The number of carbonyl (C=O) groups is 1. The van der Waals surface area contributed by atoms with E-state index in [1.807, 2.05) is 24.8 Å². The smallest absolute Gasteiger partial charge is 0.246 e. The van der Waals surface area contributed by atoms with Gasteiger partial charge < -0.3 is 9.64 Å². The van der Waals surface area contributed by atoms with Crippen molar-refractivity contribution in [2.45, 2.75) is 45.8 Å². The first kappa shape index (κ1) is 11.6. The number of morpholine rings is 1. The van der Waals surface area contributed by atoms with Gasteiger partial charge in [0, 0.05) is 12.6 Å². The summed E-state index contributed by atoms with van der Waals surface area (Å²) in [5.74, 6) is 0.838. The second kappa shape index (κ2) is 4.58. The van der Waals surface area contributed by atoms with Gasteiger partial charge in [0.05, 0.1) is 18.8 Å². The van der Waals surface area contributed by atoms with Gasteiger partial charge in [-0.05, 0) is 39.5 Å². The van der Waals surface area contributed by atoms with Crippen molar-refractivity contribution in [1.29, 1.82) is 0 Å². The lowest BCUT2D eigenvalue weighted by Crippen LogP contribution is -2.49. The molecule has 0 N–H and O–H groups in total. The van der Waals surface area contributed by atoms with Crippen LogP contribution in [-0.2, 0) is 9.53 Å². The molecule has 0 aromatic rings. The molecule has 2 atom stereocenters. The van der Waals surface area contributed by atoms with Crippen LogP contribution in [0.2, 0.25) is 0 Å². The Morgan fingerprint density at radius 2 is 2.06 bits per heavy atom. The molecule has 16 heavy (non-hydrogen) atoms. The van der Waals surface area contributed by atoms with E-state index in [-0.39, 0.29) is 18.1 Å². The molecular formula is C13H21NO2. The largest absolute Gasteiger partial charge is 0.375 e. The van der Waals surface area contributed by atoms with Crippen LogP contribution < -0.4 is 0 Å². The standard InChI is InChI=1S/C13H21NO2/c1-9(12-4-5-12)6-13(15)14-7-11(3)16-8-10(14)2/h6,10-12H,4-5,7-8H2,1-3H3. The molecule has 0 aromatic heterocycles. The van der Waals surface area contributed by atoms with Gasteiger partial charge in [-0.15, -0.1) is 0 Å². The number of nitrogens with zero attached hydrogens (tertiary/aromatic N) is 1. The lowest BCUT2D eigenvalue weighted by Gasteiger charge is -2.36. The van der Waals surface area contributed by atoms with Gasteiger partial charge in [0.1, 0.15) is 0 Å². The summed E-state index contributed by atoms with van der Waals surface area (Å²) in [5.41, 5.74) is 1.25. The average molecular weight is 223 g/mol. The molecule has 2 aliphatic rings. The molecule has 0 bridgehead atoms. The lowest BCUT2D eigenvalue weighted by atomic mass is 10.1. The fourth-order valence-corrected chi connectivity index (χ4v) is 2.14. The Labute approximate surface area is 97.5 Å². The lowest BCUT2D eigenvalue weighted by molar-refractivity contribution is -0.137. The summed E-state index contributed by atoms with van der Waals surface area (Å²) in [7, 11) is 0. The maximum Gasteiger partial charge on any atom is 0.246 e. The number of carbonyl (C=O) groups excluding carboxylic acids is 1. The van der Waals surface area contributed by atoms with Crippen molar-refractivity contribution < 1.29 is 9.53 Å². The predicted molar refractivity (Wildman–Crippen MR) is 63.1 cm³/mol. The average Bonchev–Trinajstić information content (AvgIpc) is 3.04. The quantitative estimate of drug-likeness (QED) is 0.670. The molecule has 0 aromatic carbocycles. The van der Waals surface area contributed by atoms with Gasteiger partial charge >= 0.3 is 0 Å². The topological polar surface area (TPSA) is 29.5 Å². The number of amides is 1. The molecule has 3 nitrogen and oxygen atoms in total. The van der Waals surface area contributed by atoms with Gasteiger partial charge in [0.2, 0.25) is 5.91 Å². The first-order chi connectivity index (χ1) is 7.58. The van der Waals surface area contributed by atoms with Crippen LogP contribution in [0.15, 0.2) is 11.6 Å². The van der Waals surface area contributed by atoms with Crippen molar-refractivity contribution in [2.24, 2.45) is 5.92 Å². The molecular weight excluding hydrogens is 202 g/mol. The summed E-state index contributed by atoms with van der Waals surface area (Å²) in [6, 6.07) is 0.201. The van der Waals surface area contributed by atoms with E-state index in [1.165, 1.54) is 18.4 Å². The van der Waals surface area contributed by atoms with Gasteiger partial charge in [-0.2, -0.15) is 0 Å². The molecule has 0 spiro atoms. The molecule has 3 heteroatoms. The molecule has 2 unspecified atom stereocenters. The van der Waals surface area contributed by atoms with Crippen LogP contribution >= 0.6 is 0 Å².